The number of fused-ring (bicyclic) bond motifs is 2. The summed E-state index contributed by atoms with van der Waals surface area (Å²) in [5, 5.41) is 9.77. The average Bonchev–Trinajstić information content (AvgIpc) is 3.14. The van der Waals surface area contributed by atoms with Crippen molar-refractivity contribution in [2.24, 2.45) is 10.2 Å². The number of aromatic nitrogens is 1. The fourth-order valence-electron chi connectivity index (χ4n) is 3.69. The summed E-state index contributed by atoms with van der Waals surface area (Å²) in [6.45, 7) is 8.77. The molecule has 0 aliphatic carbocycles. The summed E-state index contributed by atoms with van der Waals surface area (Å²) in [7, 11) is 0. The number of anilines is 1. The van der Waals surface area contributed by atoms with Crippen molar-refractivity contribution in [3.63, 3.8) is 0 Å². The van der Waals surface area contributed by atoms with E-state index in [-0.39, 0.29) is 0 Å². The van der Waals surface area contributed by atoms with E-state index >= 15 is 0 Å². The van der Waals surface area contributed by atoms with Crippen LogP contribution in [0.4, 0.5) is 16.5 Å². The molecule has 0 amide bonds. The van der Waals surface area contributed by atoms with E-state index in [9.17, 15) is 0 Å². The fourth-order valence-corrected chi connectivity index (χ4v) is 5.63. The Labute approximate surface area is 181 Å². The van der Waals surface area contributed by atoms with Crippen LogP contribution in [-0.2, 0) is 6.42 Å². The van der Waals surface area contributed by atoms with Gasteiger partial charge in [0.15, 0.2) is 0 Å². The van der Waals surface area contributed by atoms with Crippen LogP contribution in [0.2, 0.25) is 0 Å². The van der Waals surface area contributed by atoms with Crippen LogP contribution in [-0.4, -0.2) is 23.8 Å². The first-order chi connectivity index (χ1) is 14.2. The number of hydrogen-bond acceptors (Lipinski definition) is 6. The molecule has 0 bridgehead atoms. The lowest BCUT2D eigenvalue weighted by molar-refractivity contribution is 0.707. The second-order valence-corrected chi connectivity index (χ2v) is 9.66. The predicted octanol–water partition coefficient (Wildman–Crippen LogP) is 7.68. The van der Waals surface area contributed by atoms with E-state index < -0.39 is 0 Å². The minimum absolute atomic E-state index is 0.725. The van der Waals surface area contributed by atoms with E-state index in [1.807, 2.05) is 11.8 Å². The van der Waals surface area contributed by atoms with E-state index in [4.69, 9.17) is 0 Å². The molecule has 0 saturated carbocycles. The zero-order chi connectivity index (χ0) is 20.2. The lowest BCUT2D eigenvalue weighted by Crippen LogP contribution is -2.28. The molecule has 29 heavy (non-hydrogen) atoms. The number of azo groups is 1. The number of thiazole rings is 1. The van der Waals surface area contributed by atoms with Gasteiger partial charge in [0, 0.05) is 23.7 Å². The van der Waals surface area contributed by atoms with Crippen molar-refractivity contribution in [1.82, 2.24) is 4.98 Å². The maximum atomic E-state index is 4.65. The Bertz CT molecular complexity index is 1030. The van der Waals surface area contributed by atoms with Crippen LogP contribution in [0.3, 0.4) is 0 Å². The van der Waals surface area contributed by atoms with Gasteiger partial charge in [0.25, 0.3) is 0 Å². The second-order valence-electron chi connectivity index (χ2n) is 7.48. The van der Waals surface area contributed by atoms with E-state index in [2.05, 4.69) is 71.2 Å². The summed E-state index contributed by atoms with van der Waals surface area (Å²) in [6.07, 6.45) is 4.81. The van der Waals surface area contributed by atoms with Gasteiger partial charge in [-0.3, -0.25) is 0 Å². The van der Waals surface area contributed by atoms with Crippen LogP contribution in [0, 0.1) is 6.92 Å². The predicted molar refractivity (Wildman–Crippen MR) is 127 cm³/mol. The third-order valence-electron chi connectivity index (χ3n) is 5.35. The summed E-state index contributed by atoms with van der Waals surface area (Å²) >= 11 is 3.53. The monoisotopic (exact) mass is 424 g/mol. The number of benzene rings is 2. The Hall–Kier alpha value is -1.92. The lowest BCUT2D eigenvalue weighted by Gasteiger charge is -2.30. The minimum Gasteiger partial charge on any atom is -0.372 e. The first-order valence-electron chi connectivity index (χ1n) is 10.5. The van der Waals surface area contributed by atoms with Crippen LogP contribution < -0.4 is 4.90 Å². The van der Waals surface area contributed by atoms with E-state index in [1.54, 1.807) is 11.3 Å². The molecule has 2 aromatic carbocycles. The highest BCUT2D eigenvalue weighted by atomic mass is 32.2. The summed E-state index contributed by atoms with van der Waals surface area (Å²) in [5.74, 6) is 1.17. The zero-order valence-electron chi connectivity index (χ0n) is 17.4. The average molecular weight is 425 g/mol. The molecular weight excluding hydrogens is 396 g/mol. The van der Waals surface area contributed by atoms with Crippen LogP contribution in [0.1, 0.15) is 44.2 Å². The molecule has 1 aromatic heterocycles. The van der Waals surface area contributed by atoms with Gasteiger partial charge in [0.2, 0.25) is 5.13 Å². The first kappa shape index (κ1) is 20.4. The van der Waals surface area contributed by atoms with Gasteiger partial charge in [0.1, 0.15) is 0 Å². The molecule has 3 aromatic rings. The zero-order valence-corrected chi connectivity index (χ0v) is 19.1. The van der Waals surface area contributed by atoms with E-state index in [0.717, 1.165) is 35.8 Å². The topological polar surface area (TPSA) is 40.9 Å². The number of unbranched alkanes of at least 4 members (excludes halogenated alkanes) is 1. The molecule has 0 fully saturated rings. The molecule has 152 valence electrons. The molecule has 0 unspecified atom stereocenters. The van der Waals surface area contributed by atoms with Gasteiger partial charge < -0.3 is 4.90 Å². The van der Waals surface area contributed by atoms with Gasteiger partial charge >= 0.3 is 0 Å². The largest absolute Gasteiger partial charge is 0.372 e. The summed E-state index contributed by atoms with van der Waals surface area (Å²) in [6, 6.07) is 11.0. The van der Waals surface area contributed by atoms with Gasteiger partial charge in [-0.25, -0.2) is 4.98 Å². The lowest BCUT2D eigenvalue weighted by atomic mass is 9.98. The van der Waals surface area contributed by atoms with Crippen molar-refractivity contribution >= 4 is 49.8 Å². The highest BCUT2D eigenvalue weighted by Gasteiger charge is 2.17. The van der Waals surface area contributed by atoms with E-state index in [0.29, 0.717) is 0 Å². The maximum Gasteiger partial charge on any atom is 0.231 e. The van der Waals surface area contributed by atoms with Crippen LogP contribution in [0.15, 0.2) is 45.5 Å². The van der Waals surface area contributed by atoms with Crippen LogP contribution in [0.25, 0.3) is 10.2 Å². The van der Waals surface area contributed by atoms with Crippen molar-refractivity contribution < 1.29 is 0 Å². The van der Waals surface area contributed by atoms with Crippen molar-refractivity contribution in [3.8, 4) is 0 Å². The molecule has 0 N–H and O–H groups in total. The van der Waals surface area contributed by atoms with Gasteiger partial charge in [-0.05, 0) is 80.3 Å². The fraction of sp³-hybridized carbons (Fsp3) is 0.435. The number of thioether (sulfide) groups is 1. The van der Waals surface area contributed by atoms with Gasteiger partial charge in [0.05, 0.1) is 15.9 Å². The number of nitrogens with zero attached hydrogens (tertiary/aromatic N) is 4. The SMILES string of the molecule is CCCCSc1ccc2nc(N=Nc3cc4c(cc3C)N(CC)CCC4)sc2c1. The Balaban J connectivity index is 1.55. The third-order valence-corrected chi connectivity index (χ3v) is 7.33. The van der Waals surface area contributed by atoms with Crippen molar-refractivity contribution in [2.75, 3.05) is 23.7 Å². The highest BCUT2D eigenvalue weighted by molar-refractivity contribution is 7.99. The van der Waals surface area contributed by atoms with Crippen LogP contribution >= 0.6 is 23.1 Å². The van der Waals surface area contributed by atoms with Crippen LogP contribution in [0.5, 0.6) is 0 Å². The maximum absolute atomic E-state index is 4.65. The Morgan fingerprint density at radius 2 is 2.07 bits per heavy atom. The van der Waals surface area contributed by atoms with E-state index in [1.165, 1.54) is 51.4 Å². The quantitative estimate of drug-likeness (QED) is 0.222. The second kappa shape index (κ2) is 9.26. The molecule has 2 heterocycles. The highest BCUT2D eigenvalue weighted by Crippen LogP contribution is 2.36. The van der Waals surface area contributed by atoms with Crippen molar-refractivity contribution in [1.29, 1.82) is 0 Å². The Morgan fingerprint density at radius 1 is 1.17 bits per heavy atom. The summed E-state index contributed by atoms with van der Waals surface area (Å²) in [4.78, 5) is 8.41. The number of rotatable bonds is 7. The summed E-state index contributed by atoms with van der Waals surface area (Å²) < 4.78 is 1.18. The van der Waals surface area contributed by atoms with Gasteiger partial charge in [-0.15, -0.1) is 22.0 Å². The first-order valence-corrected chi connectivity index (χ1v) is 12.3. The summed E-state index contributed by atoms with van der Waals surface area (Å²) in [5.41, 5.74) is 5.88. The molecule has 4 nitrogen and oxygen atoms in total. The minimum atomic E-state index is 0.725. The molecule has 0 saturated heterocycles. The number of aryl methyl sites for hydroxylation is 2. The van der Waals surface area contributed by atoms with Gasteiger partial charge in [-0.1, -0.05) is 24.7 Å². The van der Waals surface area contributed by atoms with Crippen molar-refractivity contribution in [3.05, 3.63) is 41.5 Å². The standard InChI is InChI=1S/C23H28N4S2/c1-4-6-12-28-18-9-10-19-22(15-18)29-23(24-19)26-25-20-14-17-8-7-11-27(5-2)21(17)13-16(20)3/h9-10,13-15H,4-8,11-12H2,1-3H3. The Kier molecular flexibility index (Phi) is 6.50. The molecular formula is C23H28N4S2. The molecule has 4 rings (SSSR count). The van der Waals surface area contributed by atoms with Gasteiger partial charge in [-0.2, -0.15) is 0 Å². The normalized spacial score (nSPS) is 14.1. The Morgan fingerprint density at radius 3 is 2.90 bits per heavy atom. The molecule has 0 atom stereocenters. The number of hydrogen-bond donors (Lipinski definition) is 0. The van der Waals surface area contributed by atoms with Crippen molar-refractivity contribution in [2.45, 2.75) is 51.3 Å². The molecule has 1 aliphatic rings. The molecule has 1 aliphatic heterocycles. The smallest absolute Gasteiger partial charge is 0.231 e. The molecule has 0 radical (unpaired) electrons. The third kappa shape index (κ3) is 4.64. The molecule has 0 spiro atoms. The molecule has 6 heteroatoms.